The molecule has 0 aromatic rings. The molecule has 102 valence electrons. The molecule has 0 atom stereocenters. The van der Waals surface area contributed by atoms with Gasteiger partial charge in [-0.15, -0.1) is 0 Å². The molecule has 0 aromatic heterocycles. The summed E-state index contributed by atoms with van der Waals surface area (Å²) in [6.07, 6.45) is 2.45. The molecule has 0 saturated heterocycles. The van der Waals surface area contributed by atoms with Crippen molar-refractivity contribution in [3.05, 3.63) is 12.8 Å². The van der Waals surface area contributed by atoms with Gasteiger partial charge in [-0.3, -0.25) is 0 Å². The smallest absolute Gasteiger partial charge is 0.200 e. The minimum Gasteiger partial charge on any atom is -0.502 e. The molecule has 2 nitrogen and oxygen atoms in total. The van der Waals surface area contributed by atoms with Crippen LogP contribution in [0, 0.1) is 0 Å². The van der Waals surface area contributed by atoms with Crippen LogP contribution in [-0.2, 0) is 9.16 Å². The highest BCUT2D eigenvalue weighted by atomic mass is 28.4. The Morgan fingerprint density at radius 1 is 0.941 bits per heavy atom. The Bertz CT molecular complexity index is 190. The first-order valence-electron chi connectivity index (χ1n) is 6.76. The van der Waals surface area contributed by atoms with Gasteiger partial charge in [-0.2, -0.15) is 0 Å². The highest BCUT2D eigenvalue weighted by Crippen LogP contribution is 2.42. The van der Waals surface area contributed by atoms with Crippen LogP contribution in [0.15, 0.2) is 12.8 Å². The van der Waals surface area contributed by atoms with E-state index in [-0.39, 0.29) is 0 Å². The second-order valence-electron chi connectivity index (χ2n) is 5.56. The van der Waals surface area contributed by atoms with Crippen LogP contribution in [0.3, 0.4) is 0 Å². The Balaban J connectivity index is 4.43. The van der Waals surface area contributed by atoms with Gasteiger partial charge in [0.25, 0.3) is 0 Å². The van der Waals surface area contributed by atoms with Crippen LogP contribution in [-0.4, -0.2) is 21.5 Å². The van der Waals surface area contributed by atoms with E-state index in [1.54, 1.807) is 0 Å². The third-order valence-electron chi connectivity index (χ3n) is 3.58. The van der Waals surface area contributed by atoms with Crippen molar-refractivity contribution >= 4 is 8.32 Å². The zero-order chi connectivity index (χ0) is 13.5. The van der Waals surface area contributed by atoms with Gasteiger partial charge in [-0.25, -0.2) is 0 Å². The van der Waals surface area contributed by atoms with Crippen molar-refractivity contribution in [3.63, 3.8) is 0 Å². The summed E-state index contributed by atoms with van der Waals surface area (Å²) in [6, 6.07) is 0. The quantitative estimate of drug-likeness (QED) is 0.338. The van der Waals surface area contributed by atoms with Crippen LogP contribution < -0.4 is 0 Å². The molecule has 0 aliphatic rings. The van der Waals surface area contributed by atoms with Crippen molar-refractivity contribution in [2.24, 2.45) is 0 Å². The Kier molecular flexibility index (Phi) is 7.80. The lowest BCUT2D eigenvalue weighted by atomic mass is 10.5. The molecule has 0 rings (SSSR count). The van der Waals surface area contributed by atoms with Gasteiger partial charge in [0.05, 0.1) is 12.9 Å². The standard InChI is InChI=1S/C14H30O2Si/c1-8-15-10-9-11-16-17(12(2)3,13(4)5)14(6)7/h8,12-14H,1,9-11H2,2-7H3. The van der Waals surface area contributed by atoms with E-state index in [1.807, 2.05) is 0 Å². The van der Waals surface area contributed by atoms with Crippen molar-refractivity contribution in [2.75, 3.05) is 13.2 Å². The molecule has 0 saturated carbocycles. The average Bonchev–Trinajstić information content (AvgIpc) is 2.21. The Labute approximate surface area is 109 Å². The average molecular weight is 258 g/mol. The fourth-order valence-corrected chi connectivity index (χ4v) is 8.47. The van der Waals surface area contributed by atoms with Crippen molar-refractivity contribution in [1.82, 2.24) is 0 Å². The van der Waals surface area contributed by atoms with Gasteiger partial charge < -0.3 is 9.16 Å². The predicted octanol–water partition coefficient (Wildman–Crippen LogP) is 4.73. The lowest BCUT2D eigenvalue weighted by Crippen LogP contribution is -2.48. The molecule has 0 fully saturated rings. The lowest BCUT2D eigenvalue weighted by molar-refractivity contribution is 0.198. The largest absolute Gasteiger partial charge is 0.502 e. The van der Waals surface area contributed by atoms with Crippen LogP contribution in [0.5, 0.6) is 0 Å². The maximum Gasteiger partial charge on any atom is 0.200 e. The molecule has 0 radical (unpaired) electrons. The molecular formula is C14H30O2Si. The van der Waals surface area contributed by atoms with Crippen molar-refractivity contribution in [2.45, 2.75) is 64.6 Å². The number of hydrogen-bond acceptors (Lipinski definition) is 2. The second-order valence-corrected chi connectivity index (χ2v) is 11.0. The van der Waals surface area contributed by atoms with E-state index in [2.05, 4.69) is 48.1 Å². The van der Waals surface area contributed by atoms with Crippen LogP contribution in [0.1, 0.15) is 48.0 Å². The highest BCUT2D eigenvalue weighted by Gasteiger charge is 2.44. The van der Waals surface area contributed by atoms with E-state index < -0.39 is 8.32 Å². The van der Waals surface area contributed by atoms with Gasteiger partial charge in [-0.1, -0.05) is 48.1 Å². The zero-order valence-corrected chi connectivity index (χ0v) is 13.5. The summed E-state index contributed by atoms with van der Waals surface area (Å²) in [5.74, 6) is 0. The summed E-state index contributed by atoms with van der Waals surface area (Å²) >= 11 is 0. The van der Waals surface area contributed by atoms with Crippen LogP contribution >= 0.6 is 0 Å². The fourth-order valence-electron chi connectivity index (χ4n) is 2.97. The first kappa shape index (κ1) is 16.7. The Morgan fingerprint density at radius 3 is 1.76 bits per heavy atom. The summed E-state index contributed by atoms with van der Waals surface area (Å²) < 4.78 is 11.5. The number of rotatable bonds is 9. The van der Waals surface area contributed by atoms with Crippen molar-refractivity contribution in [3.8, 4) is 0 Å². The molecule has 0 N–H and O–H groups in total. The van der Waals surface area contributed by atoms with Gasteiger partial charge in [0.2, 0.25) is 0 Å². The minimum atomic E-state index is -1.67. The minimum absolute atomic E-state index is 0.655. The summed E-state index contributed by atoms with van der Waals surface area (Å²) in [4.78, 5) is 0. The van der Waals surface area contributed by atoms with E-state index in [1.165, 1.54) is 6.26 Å². The summed E-state index contributed by atoms with van der Waals surface area (Å²) in [5.41, 5.74) is 1.97. The van der Waals surface area contributed by atoms with Gasteiger partial charge >= 0.3 is 0 Å². The van der Waals surface area contributed by atoms with E-state index >= 15 is 0 Å². The van der Waals surface area contributed by atoms with Gasteiger partial charge in [0, 0.05) is 13.0 Å². The van der Waals surface area contributed by atoms with Gasteiger partial charge in [0.15, 0.2) is 8.32 Å². The van der Waals surface area contributed by atoms with Gasteiger partial charge in [-0.05, 0) is 16.6 Å². The predicted molar refractivity (Wildman–Crippen MR) is 77.8 cm³/mol. The second kappa shape index (κ2) is 7.93. The topological polar surface area (TPSA) is 18.5 Å². The summed E-state index contributed by atoms with van der Waals surface area (Å²) in [6.45, 7) is 18.9. The summed E-state index contributed by atoms with van der Waals surface area (Å²) in [5, 5.41) is 0. The van der Waals surface area contributed by atoms with Gasteiger partial charge in [0.1, 0.15) is 0 Å². The number of hydrogen-bond donors (Lipinski definition) is 0. The van der Waals surface area contributed by atoms with Crippen LogP contribution in [0.25, 0.3) is 0 Å². The first-order chi connectivity index (χ1) is 7.89. The molecule has 3 heteroatoms. The highest BCUT2D eigenvalue weighted by molar-refractivity contribution is 6.77. The molecular weight excluding hydrogens is 228 g/mol. The van der Waals surface area contributed by atoms with E-state index in [9.17, 15) is 0 Å². The third kappa shape index (κ3) is 4.47. The molecule has 0 aromatic carbocycles. The van der Waals surface area contributed by atoms with E-state index in [0.29, 0.717) is 23.2 Å². The molecule has 0 heterocycles. The van der Waals surface area contributed by atoms with E-state index in [0.717, 1.165) is 13.0 Å². The molecule has 0 amide bonds. The number of ether oxygens (including phenoxy) is 1. The van der Waals surface area contributed by atoms with Crippen molar-refractivity contribution in [1.29, 1.82) is 0 Å². The SMILES string of the molecule is C=COCCCO[Si](C(C)C)(C(C)C)C(C)C. The van der Waals surface area contributed by atoms with Crippen LogP contribution in [0.4, 0.5) is 0 Å². The first-order valence-corrected chi connectivity index (χ1v) is 8.90. The molecule has 17 heavy (non-hydrogen) atoms. The lowest BCUT2D eigenvalue weighted by Gasteiger charge is -2.42. The Hall–Kier alpha value is -0.283. The summed E-state index contributed by atoms with van der Waals surface area (Å²) in [7, 11) is -1.67. The van der Waals surface area contributed by atoms with Crippen LogP contribution in [0.2, 0.25) is 16.6 Å². The molecule has 0 unspecified atom stereocenters. The monoisotopic (exact) mass is 258 g/mol. The molecule has 0 spiro atoms. The molecule has 0 bridgehead atoms. The van der Waals surface area contributed by atoms with E-state index in [4.69, 9.17) is 9.16 Å². The maximum atomic E-state index is 6.39. The van der Waals surface area contributed by atoms with Crippen molar-refractivity contribution < 1.29 is 9.16 Å². The normalized spacial score (nSPS) is 12.5. The molecule has 0 aliphatic heterocycles. The fraction of sp³-hybridized carbons (Fsp3) is 0.857. The Morgan fingerprint density at radius 2 is 1.41 bits per heavy atom. The molecule has 0 aliphatic carbocycles. The third-order valence-corrected chi connectivity index (χ3v) is 9.70. The maximum absolute atomic E-state index is 6.39. The zero-order valence-electron chi connectivity index (χ0n) is 12.5.